The van der Waals surface area contributed by atoms with Crippen molar-refractivity contribution in [2.75, 3.05) is 13.2 Å². The van der Waals surface area contributed by atoms with Crippen LogP contribution < -0.4 is 9.47 Å². The lowest BCUT2D eigenvalue weighted by Gasteiger charge is -2.10. The molecule has 3 aromatic carbocycles. The van der Waals surface area contributed by atoms with Crippen LogP contribution in [-0.4, -0.2) is 19.5 Å². The molecule has 0 radical (unpaired) electrons. The fraction of sp³-hybridized carbons (Fsp3) is 0.0952. The van der Waals surface area contributed by atoms with Gasteiger partial charge < -0.3 is 9.47 Å². The summed E-state index contributed by atoms with van der Waals surface area (Å²) in [7, 11) is 0. The number of ether oxygens (including phenoxy) is 2. The largest absolute Gasteiger partial charge is 0.490 e. The van der Waals surface area contributed by atoms with Gasteiger partial charge in [0.1, 0.15) is 31.0 Å². The Kier molecular flexibility index (Phi) is 5.86. The molecule has 0 N–H and O–H groups in total. The third kappa shape index (κ3) is 4.70. The molecule has 3 nitrogen and oxygen atoms in total. The Balaban J connectivity index is 1.50. The zero-order chi connectivity index (χ0) is 17.5. The molecule has 0 saturated carbocycles. The maximum Gasteiger partial charge on any atom is 0.150 e. The molecule has 4 heteroatoms. The standard InChI is InChI=1S/C21H17BrO3/c22-20-14-16(15-23)6-11-21(20)25-13-12-24-19-9-7-18(8-10-19)17-4-2-1-3-5-17/h1-11,14-15H,12-13H2. The molecule has 0 fully saturated rings. The maximum atomic E-state index is 10.7. The van der Waals surface area contributed by atoms with E-state index in [1.54, 1.807) is 18.2 Å². The molecule has 0 aliphatic rings. The molecule has 126 valence electrons. The van der Waals surface area contributed by atoms with Crippen molar-refractivity contribution in [1.29, 1.82) is 0 Å². The fourth-order valence-electron chi connectivity index (χ4n) is 2.39. The van der Waals surface area contributed by atoms with E-state index in [1.165, 1.54) is 5.56 Å². The maximum absolute atomic E-state index is 10.7. The molecule has 0 aromatic heterocycles. The van der Waals surface area contributed by atoms with E-state index < -0.39 is 0 Å². The van der Waals surface area contributed by atoms with Gasteiger partial charge in [0.15, 0.2) is 0 Å². The van der Waals surface area contributed by atoms with Crippen molar-refractivity contribution in [3.05, 3.63) is 82.8 Å². The van der Waals surface area contributed by atoms with Crippen LogP contribution in [0.25, 0.3) is 11.1 Å². The van der Waals surface area contributed by atoms with Crippen molar-refractivity contribution in [1.82, 2.24) is 0 Å². The Morgan fingerprint density at radius 1 is 0.800 bits per heavy atom. The molecule has 0 saturated heterocycles. The van der Waals surface area contributed by atoms with Crippen LogP contribution in [0.1, 0.15) is 10.4 Å². The first-order chi connectivity index (χ1) is 12.3. The highest BCUT2D eigenvalue weighted by molar-refractivity contribution is 9.10. The van der Waals surface area contributed by atoms with Crippen LogP contribution in [0.3, 0.4) is 0 Å². The van der Waals surface area contributed by atoms with E-state index in [0.29, 0.717) is 24.5 Å². The number of aldehydes is 1. The zero-order valence-electron chi connectivity index (χ0n) is 13.5. The molecule has 25 heavy (non-hydrogen) atoms. The Morgan fingerprint density at radius 2 is 1.48 bits per heavy atom. The van der Waals surface area contributed by atoms with Crippen molar-refractivity contribution in [3.8, 4) is 22.6 Å². The van der Waals surface area contributed by atoms with Gasteiger partial charge in [-0.2, -0.15) is 0 Å². The molecule has 0 aliphatic carbocycles. The summed E-state index contributed by atoms with van der Waals surface area (Å²) >= 11 is 3.39. The lowest BCUT2D eigenvalue weighted by Crippen LogP contribution is -2.09. The number of carbonyl (C=O) groups is 1. The van der Waals surface area contributed by atoms with Crippen molar-refractivity contribution < 1.29 is 14.3 Å². The first-order valence-corrected chi connectivity index (χ1v) is 8.71. The van der Waals surface area contributed by atoms with Crippen LogP contribution >= 0.6 is 15.9 Å². The second-order valence-electron chi connectivity index (χ2n) is 5.40. The van der Waals surface area contributed by atoms with Crippen LogP contribution in [0.15, 0.2) is 77.3 Å². The van der Waals surface area contributed by atoms with Gasteiger partial charge in [-0.3, -0.25) is 4.79 Å². The third-order valence-corrected chi connectivity index (χ3v) is 4.28. The predicted molar refractivity (Wildman–Crippen MR) is 102 cm³/mol. The summed E-state index contributed by atoms with van der Waals surface area (Å²) in [4.78, 5) is 10.7. The molecule has 3 aromatic rings. The third-order valence-electron chi connectivity index (χ3n) is 3.66. The minimum absolute atomic E-state index is 0.416. The van der Waals surface area contributed by atoms with E-state index in [-0.39, 0.29) is 0 Å². The van der Waals surface area contributed by atoms with Gasteiger partial charge >= 0.3 is 0 Å². The molecule has 0 unspecified atom stereocenters. The first-order valence-electron chi connectivity index (χ1n) is 7.92. The summed E-state index contributed by atoms with van der Waals surface area (Å²) < 4.78 is 12.1. The van der Waals surface area contributed by atoms with Crippen LogP contribution in [-0.2, 0) is 0 Å². The quantitative estimate of drug-likeness (QED) is 0.396. The Labute approximate surface area is 155 Å². The highest BCUT2D eigenvalue weighted by Gasteiger charge is 2.03. The van der Waals surface area contributed by atoms with Gasteiger partial charge in [-0.15, -0.1) is 0 Å². The number of rotatable bonds is 7. The van der Waals surface area contributed by atoms with Gasteiger partial charge in [-0.1, -0.05) is 42.5 Å². The van der Waals surface area contributed by atoms with Crippen molar-refractivity contribution >= 4 is 22.2 Å². The average molecular weight is 397 g/mol. The lowest BCUT2D eigenvalue weighted by atomic mass is 10.1. The number of halogens is 1. The Bertz CT molecular complexity index is 830. The van der Waals surface area contributed by atoms with Crippen LogP contribution in [0.5, 0.6) is 11.5 Å². The van der Waals surface area contributed by atoms with Crippen molar-refractivity contribution in [2.45, 2.75) is 0 Å². The van der Waals surface area contributed by atoms with Gasteiger partial charge in [-0.05, 0) is 57.4 Å². The monoisotopic (exact) mass is 396 g/mol. The number of benzene rings is 3. The minimum Gasteiger partial charge on any atom is -0.490 e. The second-order valence-corrected chi connectivity index (χ2v) is 6.25. The molecule has 3 rings (SSSR count). The first kappa shape index (κ1) is 17.2. The van der Waals surface area contributed by atoms with Crippen LogP contribution in [0, 0.1) is 0 Å². The minimum atomic E-state index is 0.416. The predicted octanol–water partition coefficient (Wildman–Crippen LogP) is 5.39. The molecular formula is C21H17BrO3. The van der Waals surface area contributed by atoms with E-state index >= 15 is 0 Å². The highest BCUT2D eigenvalue weighted by atomic mass is 79.9. The Hall–Kier alpha value is -2.59. The second kappa shape index (κ2) is 8.49. The molecule has 0 heterocycles. The van der Waals surface area contributed by atoms with Gasteiger partial charge in [0.05, 0.1) is 4.47 Å². The van der Waals surface area contributed by atoms with Gasteiger partial charge in [0.2, 0.25) is 0 Å². The number of hydrogen-bond acceptors (Lipinski definition) is 3. The number of hydrogen-bond donors (Lipinski definition) is 0. The summed E-state index contributed by atoms with van der Waals surface area (Å²) in [6.07, 6.45) is 0.802. The molecule has 0 amide bonds. The molecule has 0 bridgehead atoms. The van der Waals surface area contributed by atoms with E-state index in [2.05, 4.69) is 28.1 Å². The van der Waals surface area contributed by atoms with Gasteiger partial charge in [0.25, 0.3) is 0 Å². The summed E-state index contributed by atoms with van der Waals surface area (Å²) in [6, 6.07) is 23.4. The van der Waals surface area contributed by atoms with Crippen LogP contribution in [0.4, 0.5) is 0 Å². The summed E-state index contributed by atoms with van der Waals surface area (Å²) in [5.74, 6) is 1.49. The van der Waals surface area contributed by atoms with Crippen molar-refractivity contribution in [3.63, 3.8) is 0 Å². The topological polar surface area (TPSA) is 35.5 Å². The SMILES string of the molecule is O=Cc1ccc(OCCOc2ccc(-c3ccccc3)cc2)c(Br)c1. The van der Waals surface area contributed by atoms with Crippen molar-refractivity contribution in [2.24, 2.45) is 0 Å². The van der Waals surface area contributed by atoms with Gasteiger partial charge in [-0.25, -0.2) is 0 Å². The molecule has 0 aliphatic heterocycles. The van der Waals surface area contributed by atoms with E-state index in [1.807, 2.05) is 42.5 Å². The Morgan fingerprint density at radius 3 is 2.16 bits per heavy atom. The van der Waals surface area contributed by atoms with Gasteiger partial charge in [0, 0.05) is 5.56 Å². The zero-order valence-corrected chi connectivity index (χ0v) is 15.1. The fourth-order valence-corrected chi connectivity index (χ4v) is 2.90. The molecular weight excluding hydrogens is 380 g/mol. The average Bonchev–Trinajstić information content (AvgIpc) is 2.67. The van der Waals surface area contributed by atoms with Crippen LogP contribution in [0.2, 0.25) is 0 Å². The molecule has 0 atom stereocenters. The summed E-state index contributed by atoms with van der Waals surface area (Å²) in [5, 5.41) is 0. The molecule has 0 spiro atoms. The highest BCUT2D eigenvalue weighted by Crippen LogP contribution is 2.26. The lowest BCUT2D eigenvalue weighted by molar-refractivity contribution is 0.112. The number of carbonyl (C=O) groups excluding carboxylic acids is 1. The van der Waals surface area contributed by atoms with E-state index in [9.17, 15) is 4.79 Å². The smallest absolute Gasteiger partial charge is 0.150 e. The van der Waals surface area contributed by atoms with E-state index in [0.717, 1.165) is 22.1 Å². The summed E-state index contributed by atoms with van der Waals surface area (Å²) in [5.41, 5.74) is 2.94. The summed E-state index contributed by atoms with van der Waals surface area (Å²) in [6.45, 7) is 0.853. The van der Waals surface area contributed by atoms with E-state index in [4.69, 9.17) is 9.47 Å². The normalized spacial score (nSPS) is 10.3.